The number of nitrogens with zero attached hydrogens (tertiary/aromatic N) is 1. The average molecular weight is 428 g/mol. The molecule has 0 radical (unpaired) electrons. The maximum absolute atomic E-state index is 12.1. The second-order valence-electron chi connectivity index (χ2n) is 7.48. The Morgan fingerprint density at radius 2 is 1.87 bits per heavy atom. The number of hydrogen-bond acceptors (Lipinski definition) is 7. The highest BCUT2D eigenvalue weighted by Gasteiger charge is 2.43. The topological polar surface area (TPSA) is 82.6 Å². The number of benzene rings is 1. The molecule has 0 saturated carbocycles. The molecule has 1 saturated heterocycles. The number of Topliss-reactive ketones (excluding diaryl/α,β-unsaturated/α-hetero) is 1. The molecular weight excluding hydrogens is 402 g/mol. The van der Waals surface area contributed by atoms with Crippen LogP contribution < -0.4 is 4.74 Å². The smallest absolute Gasteiger partial charge is 0.303 e. The van der Waals surface area contributed by atoms with E-state index >= 15 is 0 Å². The molecule has 2 aromatic rings. The van der Waals surface area contributed by atoms with Crippen molar-refractivity contribution in [2.45, 2.75) is 50.9 Å². The molecule has 2 atom stereocenters. The van der Waals surface area contributed by atoms with E-state index in [2.05, 4.69) is 4.98 Å². The molecule has 2 heterocycles. The number of aromatic nitrogens is 1. The van der Waals surface area contributed by atoms with Gasteiger partial charge >= 0.3 is 5.97 Å². The highest BCUT2D eigenvalue weighted by atomic mass is 32.2. The lowest BCUT2D eigenvalue weighted by Crippen LogP contribution is -2.29. The molecule has 30 heavy (non-hydrogen) atoms. The molecule has 1 aromatic heterocycles. The quantitative estimate of drug-likeness (QED) is 0.467. The SMILES string of the molecule is CCc1ccc([C@H](COc2ccc(CC3(C)SC(=O)CC3=O)cc2)OC(C)=O)nc1. The van der Waals surface area contributed by atoms with Crippen LogP contribution in [0.2, 0.25) is 0 Å². The van der Waals surface area contributed by atoms with Crippen LogP contribution >= 0.6 is 11.8 Å². The molecule has 0 aliphatic carbocycles. The molecule has 1 aliphatic heterocycles. The molecule has 0 amide bonds. The van der Waals surface area contributed by atoms with Crippen molar-refractivity contribution >= 4 is 28.6 Å². The molecule has 0 spiro atoms. The zero-order valence-electron chi connectivity index (χ0n) is 17.3. The third kappa shape index (κ3) is 5.48. The Morgan fingerprint density at radius 1 is 1.17 bits per heavy atom. The number of esters is 1. The number of hydrogen-bond donors (Lipinski definition) is 0. The predicted octanol–water partition coefficient (Wildman–Crippen LogP) is 3.86. The maximum Gasteiger partial charge on any atom is 0.303 e. The van der Waals surface area contributed by atoms with Crippen molar-refractivity contribution in [1.82, 2.24) is 4.98 Å². The van der Waals surface area contributed by atoms with E-state index in [0.29, 0.717) is 17.9 Å². The van der Waals surface area contributed by atoms with Crippen LogP contribution in [-0.2, 0) is 32.0 Å². The fourth-order valence-corrected chi connectivity index (χ4v) is 4.41. The minimum atomic E-state index is -0.698. The van der Waals surface area contributed by atoms with E-state index in [4.69, 9.17) is 9.47 Å². The van der Waals surface area contributed by atoms with E-state index in [9.17, 15) is 14.4 Å². The lowest BCUT2D eigenvalue weighted by atomic mass is 9.95. The molecule has 1 aromatic carbocycles. The number of rotatable bonds is 8. The molecule has 6 nitrogen and oxygen atoms in total. The lowest BCUT2D eigenvalue weighted by Gasteiger charge is -2.20. The molecular formula is C23H25NO5S. The van der Waals surface area contributed by atoms with Crippen molar-refractivity contribution in [3.05, 3.63) is 59.4 Å². The molecule has 1 aliphatic rings. The Bertz CT molecular complexity index is 926. The van der Waals surface area contributed by atoms with Gasteiger partial charge in [-0.3, -0.25) is 19.4 Å². The summed E-state index contributed by atoms with van der Waals surface area (Å²) in [5.74, 6) is 0.193. The summed E-state index contributed by atoms with van der Waals surface area (Å²) in [6.07, 6.45) is 2.55. The minimum absolute atomic E-state index is 0.00711. The zero-order valence-corrected chi connectivity index (χ0v) is 18.2. The van der Waals surface area contributed by atoms with E-state index in [-0.39, 0.29) is 23.9 Å². The molecule has 7 heteroatoms. The average Bonchev–Trinajstić information content (AvgIpc) is 2.97. The predicted molar refractivity (Wildman–Crippen MR) is 114 cm³/mol. The van der Waals surface area contributed by atoms with E-state index < -0.39 is 16.8 Å². The number of thioether (sulfide) groups is 1. The first-order valence-corrected chi connectivity index (χ1v) is 10.7. The first-order valence-electron chi connectivity index (χ1n) is 9.88. The van der Waals surface area contributed by atoms with Gasteiger partial charge in [-0.1, -0.05) is 36.9 Å². The highest BCUT2D eigenvalue weighted by molar-refractivity contribution is 8.16. The van der Waals surface area contributed by atoms with Gasteiger partial charge in [0.2, 0.25) is 0 Å². The maximum atomic E-state index is 12.1. The lowest BCUT2D eigenvalue weighted by molar-refractivity contribution is -0.148. The molecule has 1 unspecified atom stereocenters. The van der Waals surface area contributed by atoms with E-state index in [1.165, 1.54) is 6.92 Å². The number of aryl methyl sites for hydroxylation is 1. The molecule has 0 N–H and O–H groups in total. The van der Waals surface area contributed by atoms with Crippen molar-refractivity contribution in [2.75, 3.05) is 6.61 Å². The fourth-order valence-electron chi connectivity index (χ4n) is 3.28. The Hall–Kier alpha value is -2.67. The van der Waals surface area contributed by atoms with Gasteiger partial charge in [0, 0.05) is 13.1 Å². The summed E-state index contributed by atoms with van der Waals surface area (Å²) in [5, 5.41) is -0.0699. The van der Waals surface area contributed by atoms with Gasteiger partial charge in [-0.15, -0.1) is 0 Å². The molecule has 158 valence electrons. The Labute approximate surface area is 180 Å². The number of ketones is 1. The Kier molecular flexibility index (Phi) is 6.92. The first kappa shape index (κ1) is 22.0. The molecule has 0 bridgehead atoms. The van der Waals surface area contributed by atoms with Crippen LogP contribution in [0.4, 0.5) is 0 Å². The van der Waals surface area contributed by atoms with Crippen LogP contribution in [0.15, 0.2) is 42.6 Å². The summed E-state index contributed by atoms with van der Waals surface area (Å²) >= 11 is 1.12. The number of ether oxygens (including phenoxy) is 2. The van der Waals surface area contributed by atoms with Crippen LogP contribution in [0, 0.1) is 0 Å². The van der Waals surface area contributed by atoms with Crippen molar-refractivity contribution in [1.29, 1.82) is 0 Å². The van der Waals surface area contributed by atoms with Crippen LogP contribution in [0.25, 0.3) is 0 Å². The van der Waals surface area contributed by atoms with Gasteiger partial charge in [-0.2, -0.15) is 0 Å². The summed E-state index contributed by atoms with van der Waals surface area (Å²) < 4.78 is 10.5. The highest BCUT2D eigenvalue weighted by Crippen LogP contribution is 2.39. The third-order valence-corrected chi connectivity index (χ3v) is 6.19. The van der Waals surface area contributed by atoms with Crippen molar-refractivity contribution in [3.8, 4) is 5.75 Å². The van der Waals surface area contributed by atoms with Crippen molar-refractivity contribution < 1.29 is 23.9 Å². The third-order valence-electron chi connectivity index (χ3n) is 4.99. The van der Waals surface area contributed by atoms with Gasteiger partial charge in [-0.05, 0) is 49.1 Å². The van der Waals surface area contributed by atoms with E-state index in [1.54, 1.807) is 6.20 Å². The van der Waals surface area contributed by atoms with Crippen molar-refractivity contribution in [3.63, 3.8) is 0 Å². The monoisotopic (exact) mass is 427 g/mol. The number of carbonyl (C=O) groups excluding carboxylic acids is 3. The summed E-state index contributed by atoms with van der Waals surface area (Å²) in [6, 6.07) is 11.2. The molecule has 1 fully saturated rings. The number of carbonyl (C=O) groups is 3. The molecule has 3 rings (SSSR count). The van der Waals surface area contributed by atoms with Crippen LogP contribution in [0.5, 0.6) is 5.75 Å². The van der Waals surface area contributed by atoms with Gasteiger partial charge in [0.15, 0.2) is 17.0 Å². The van der Waals surface area contributed by atoms with Crippen LogP contribution in [0.1, 0.15) is 50.1 Å². The van der Waals surface area contributed by atoms with Gasteiger partial charge in [0.25, 0.3) is 0 Å². The van der Waals surface area contributed by atoms with Gasteiger partial charge in [0.1, 0.15) is 12.4 Å². The van der Waals surface area contributed by atoms with E-state index in [0.717, 1.165) is 29.3 Å². The van der Waals surface area contributed by atoms with Crippen molar-refractivity contribution in [2.24, 2.45) is 0 Å². The first-order chi connectivity index (χ1) is 14.3. The standard InChI is InChI=1S/C23H25NO5S/c1-4-16-7-10-19(24-13-16)20(29-15(2)25)14-28-18-8-5-17(6-9-18)12-23(3)21(26)11-22(27)30-23/h5-10,13,20H,4,11-12,14H2,1-3H3/t20-,23?/m0/s1. The summed E-state index contributed by atoms with van der Waals surface area (Å²) in [6.45, 7) is 5.36. The van der Waals surface area contributed by atoms with Gasteiger partial charge in [-0.25, -0.2) is 0 Å². The summed E-state index contributed by atoms with van der Waals surface area (Å²) in [5.41, 5.74) is 2.69. The Morgan fingerprint density at radius 3 is 2.40 bits per heavy atom. The van der Waals surface area contributed by atoms with Gasteiger partial charge in [0.05, 0.1) is 16.9 Å². The number of pyridine rings is 1. The zero-order chi connectivity index (χ0) is 21.7. The normalized spacial score (nSPS) is 19.6. The summed E-state index contributed by atoms with van der Waals surface area (Å²) in [7, 11) is 0. The second-order valence-corrected chi connectivity index (χ2v) is 9.04. The van der Waals surface area contributed by atoms with Gasteiger partial charge < -0.3 is 9.47 Å². The second kappa shape index (κ2) is 9.43. The van der Waals surface area contributed by atoms with E-state index in [1.807, 2.05) is 50.2 Å². The van der Waals surface area contributed by atoms with Crippen LogP contribution in [0.3, 0.4) is 0 Å². The summed E-state index contributed by atoms with van der Waals surface area (Å²) in [4.78, 5) is 39.6. The largest absolute Gasteiger partial charge is 0.489 e. The Balaban J connectivity index is 1.63. The fraction of sp³-hybridized carbons (Fsp3) is 0.391. The minimum Gasteiger partial charge on any atom is -0.489 e. The van der Waals surface area contributed by atoms with Crippen LogP contribution in [-0.4, -0.2) is 33.2 Å².